The number of hydrogen-bond donors (Lipinski definition) is 1. The van der Waals surface area contributed by atoms with Crippen molar-refractivity contribution in [1.29, 1.82) is 0 Å². The number of likely N-dealkylation sites (N-methyl/N-ethyl adjacent to an activating group) is 1. The van der Waals surface area contributed by atoms with Gasteiger partial charge in [-0.05, 0) is 35.9 Å². The molecule has 1 saturated heterocycles. The van der Waals surface area contributed by atoms with Crippen LogP contribution in [0.25, 0.3) is 0 Å². The molecule has 3 rings (SSSR count). The largest absolute Gasteiger partial charge is 0.465 e. The summed E-state index contributed by atoms with van der Waals surface area (Å²) in [5, 5.41) is 9.91. The van der Waals surface area contributed by atoms with E-state index in [1.165, 1.54) is 19.2 Å². The molecular weight excluding hydrogens is 539 g/mol. The molecule has 0 aliphatic carbocycles. The van der Waals surface area contributed by atoms with E-state index in [0.29, 0.717) is 22.6 Å². The Hall–Kier alpha value is -2.86. The molecule has 2 aromatic carbocycles. The average molecular weight is 558 g/mol. The molecule has 36 heavy (non-hydrogen) atoms. The zero-order valence-corrected chi connectivity index (χ0v) is 20.2. The maximum atomic E-state index is 13.3. The van der Waals surface area contributed by atoms with Crippen LogP contribution in [-0.2, 0) is 12.4 Å². The standard InChI is InChI=1S/C22H19Cl2F6N3O3/c1-31(14-7-12(21(25,26)27)6-13(8-14)22(28,29)30)19(34)32(2)18-10-33(20(35)36)9-15(18)11-3-4-16(23)17(24)5-11/h3-8,15,18H,9-10H2,1-2H3,(H,35,36)/t15-,18+/m1/s1. The molecule has 3 amide bonds. The summed E-state index contributed by atoms with van der Waals surface area (Å²) in [6, 6.07) is 3.71. The highest BCUT2D eigenvalue weighted by atomic mass is 35.5. The van der Waals surface area contributed by atoms with Crippen LogP contribution in [0.4, 0.5) is 41.6 Å². The minimum absolute atomic E-state index is 0.0267. The first-order valence-corrected chi connectivity index (χ1v) is 11.0. The number of carbonyl (C=O) groups excluding carboxylic acids is 1. The van der Waals surface area contributed by atoms with Crippen molar-refractivity contribution >= 4 is 41.0 Å². The van der Waals surface area contributed by atoms with Crippen molar-refractivity contribution < 1.29 is 41.0 Å². The molecule has 2 atom stereocenters. The highest BCUT2D eigenvalue weighted by Gasteiger charge is 2.42. The highest BCUT2D eigenvalue weighted by Crippen LogP contribution is 2.39. The summed E-state index contributed by atoms with van der Waals surface area (Å²) in [5.41, 5.74) is -3.21. The molecule has 196 valence electrons. The third-order valence-electron chi connectivity index (χ3n) is 5.98. The first kappa shape index (κ1) is 27.7. The molecule has 1 fully saturated rings. The first-order valence-electron chi connectivity index (χ1n) is 10.2. The molecule has 0 spiro atoms. The van der Waals surface area contributed by atoms with Gasteiger partial charge in [0, 0.05) is 38.8 Å². The quantitative estimate of drug-likeness (QED) is 0.429. The van der Waals surface area contributed by atoms with E-state index in [9.17, 15) is 41.0 Å². The zero-order chi connectivity index (χ0) is 27.2. The Morgan fingerprint density at radius 2 is 1.47 bits per heavy atom. The summed E-state index contributed by atoms with van der Waals surface area (Å²) >= 11 is 12.0. The third-order valence-corrected chi connectivity index (χ3v) is 6.72. The van der Waals surface area contributed by atoms with Gasteiger partial charge in [0.05, 0.1) is 27.2 Å². The van der Waals surface area contributed by atoms with Crippen molar-refractivity contribution in [3.63, 3.8) is 0 Å². The van der Waals surface area contributed by atoms with Crippen LogP contribution in [0.2, 0.25) is 10.0 Å². The number of nitrogens with zero attached hydrogens (tertiary/aromatic N) is 3. The lowest BCUT2D eigenvalue weighted by molar-refractivity contribution is -0.143. The molecule has 1 aliphatic rings. The molecule has 1 heterocycles. The van der Waals surface area contributed by atoms with Crippen LogP contribution >= 0.6 is 23.2 Å². The van der Waals surface area contributed by atoms with E-state index in [2.05, 4.69) is 0 Å². The molecule has 6 nitrogen and oxygen atoms in total. The normalized spacial score (nSPS) is 18.3. The lowest BCUT2D eigenvalue weighted by Crippen LogP contribution is -2.47. The molecule has 0 aromatic heterocycles. The number of hydrogen-bond acceptors (Lipinski definition) is 2. The minimum atomic E-state index is -5.09. The van der Waals surface area contributed by atoms with Gasteiger partial charge < -0.3 is 14.9 Å². The topological polar surface area (TPSA) is 64.1 Å². The Bertz CT molecular complexity index is 1140. The van der Waals surface area contributed by atoms with E-state index in [4.69, 9.17) is 23.2 Å². The van der Waals surface area contributed by atoms with Gasteiger partial charge in [-0.2, -0.15) is 26.3 Å². The number of amides is 3. The molecule has 0 radical (unpaired) electrons. The van der Waals surface area contributed by atoms with Crippen LogP contribution in [0.15, 0.2) is 36.4 Å². The predicted molar refractivity (Wildman–Crippen MR) is 121 cm³/mol. The number of carbonyl (C=O) groups is 2. The van der Waals surface area contributed by atoms with Crippen molar-refractivity contribution in [2.45, 2.75) is 24.3 Å². The number of alkyl halides is 6. The number of benzene rings is 2. The molecule has 1 aliphatic heterocycles. The van der Waals surface area contributed by atoms with Crippen LogP contribution in [0, 0.1) is 0 Å². The maximum absolute atomic E-state index is 13.3. The molecule has 0 unspecified atom stereocenters. The van der Waals surface area contributed by atoms with Crippen LogP contribution < -0.4 is 4.90 Å². The first-order chi connectivity index (χ1) is 16.5. The van der Waals surface area contributed by atoms with Crippen molar-refractivity contribution in [2.75, 3.05) is 32.1 Å². The Morgan fingerprint density at radius 1 is 0.917 bits per heavy atom. The summed E-state index contributed by atoms with van der Waals surface area (Å²) in [7, 11) is 2.32. The number of urea groups is 1. The number of halogens is 8. The maximum Gasteiger partial charge on any atom is 0.416 e. The van der Waals surface area contributed by atoms with E-state index in [0.717, 1.165) is 16.8 Å². The van der Waals surface area contributed by atoms with Gasteiger partial charge in [0.15, 0.2) is 0 Å². The van der Waals surface area contributed by atoms with Gasteiger partial charge in [0.2, 0.25) is 0 Å². The number of anilines is 1. The summed E-state index contributed by atoms with van der Waals surface area (Å²) in [6.45, 7) is -0.173. The zero-order valence-electron chi connectivity index (χ0n) is 18.7. The van der Waals surface area contributed by atoms with E-state index < -0.39 is 53.3 Å². The van der Waals surface area contributed by atoms with Crippen LogP contribution in [0.3, 0.4) is 0 Å². The number of likely N-dealkylation sites (tertiary alicyclic amines) is 1. The highest BCUT2D eigenvalue weighted by molar-refractivity contribution is 6.42. The second-order valence-electron chi connectivity index (χ2n) is 8.25. The SMILES string of the molecule is CN(C(=O)N(C)[C@H]1CN(C(=O)O)C[C@@H]1c1ccc(Cl)c(Cl)c1)c1cc(C(F)(F)F)cc(C(F)(F)F)c1. The van der Waals surface area contributed by atoms with Gasteiger partial charge >= 0.3 is 24.5 Å². The molecular formula is C22H19Cl2F6N3O3. The lowest BCUT2D eigenvalue weighted by atomic mass is 9.93. The van der Waals surface area contributed by atoms with Crippen molar-refractivity contribution in [3.8, 4) is 0 Å². The van der Waals surface area contributed by atoms with E-state index >= 15 is 0 Å². The molecule has 1 N–H and O–H groups in total. The lowest BCUT2D eigenvalue weighted by Gasteiger charge is -2.33. The van der Waals surface area contributed by atoms with Crippen LogP contribution in [0.1, 0.15) is 22.6 Å². The molecule has 0 saturated carbocycles. The van der Waals surface area contributed by atoms with Crippen molar-refractivity contribution in [3.05, 3.63) is 63.1 Å². The van der Waals surface area contributed by atoms with Gasteiger partial charge in [0.1, 0.15) is 0 Å². The summed E-state index contributed by atoms with van der Waals surface area (Å²) < 4.78 is 79.6. The average Bonchev–Trinajstić information content (AvgIpc) is 3.24. The molecule has 0 bridgehead atoms. The predicted octanol–water partition coefficient (Wildman–Crippen LogP) is 6.67. The van der Waals surface area contributed by atoms with E-state index in [1.54, 1.807) is 6.07 Å². The van der Waals surface area contributed by atoms with E-state index in [1.807, 2.05) is 0 Å². The van der Waals surface area contributed by atoms with Gasteiger partial charge in [-0.3, -0.25) is 4.90 Å². The summed E-state index contributed by atoms with van der Waals surface area (Å²) in [5.74, 6) is -0.592. The molecule has 14 heteroatoms. The minimum Gasteiger partial charge on any atom is -0.465 e. The van der Waals surface area contributed by atoms with Gasteiger partial charge in [0.25, 0.3) is 0 Å². The molecule has 2 aromatic rings. The summed E-state index contributed by atoms with van der Waals surface area (Å²) in [4.78, 5) is 27.6. The van der Waals surface area contributed by atoms with Crippen molar-refractivity contribution in [1.82, 2.24) is 9.80 Å². The second kappa shape index (κ2) is 9.89. The fourth-order valence-electron chi connectivity index (χ4n) is 4.03. The van der Waals surface area contributed by atoms with Gasteiger partial charge in [-0.1, -0.05) is 29.3 Å². The van der Waals surface area contributed by atoms with Crippen LogP contribution in [0.5, 0.6) is 0 Å². The summed E-state index contributed by atoms with van der Waals surface area (Å²) in [6.07, 6.45) is -11.4. The monoisotopic (exact) mass is 557 g/mol. The smallest absolute Gasteiger partial charge is 0.416 e. The third kappa shape index (κ3) is 5.75. The van der Waals surface area contributed by atoms with Crippen LogP contribution in [-0.4, -0.2) is 60.3 Å². The van der Waals surface area contributed by atoms with Gasteiger partial charge in [-0.25, -0.2) is 9.59 Å². The van der Waals surface area contributed by atoms with E-state index in [-0.39, 0.29) is 29.2 Å². The number of rotatable bonds is 3. The Kier molecular flexibility index (Phi) is 7.62. The van der Waals surface area contributed by atoms with Crippen molar-refractivity contribution in [2.24, 2.45) is 0 Å². The Morgan fingerprint density at radius 3 is 1.94 bits per heavy atom. The Labute approximate surface area is 211 Å². The number of carboxylic acid groups (broad SMARTS) is 1. The van der Waals surface area contributed by atoms with Gasteiger partial charge in [-0.15, -0.1) is 0 Å². The second-order valence-corrected chi connectivity index (χ2v) is 9.07. The Balaban J connectivity index is 1.97. The fraction of sp³-hybridized carbons (Fsp3) is 0.364. The fourth-order valence-corrected chi connectivity index (χ4v) is 4.33.